The lowest BCUT2D eigenvalue weighted by Gasteiger charge is -2.24. The molecule has 0 N–H and O–H groups in total. The van der Waals surface area contributed by atoms with Crippen molar-refractivity contribution in [3.63, 3.8) is 0 Å². The molecule has 104 valence electrons. The molecule has 3 heteroatoms. The van der Waals surface area contributed by atoms with Crippen molar-refractivity contribution < 1.29 is 0 Å². The Labute approximate surface area is 128 Å². The molecule has 2 heterocycles. The topological polar surface area (TPSA) is 16.1 Å². The first kappa shape index (κ1) is 12.6. The molecule has 0 aliphatic carbocycles. The molecule has 0 atom stereocenters. The first-order valence-electron chi connectivity index (χ1n) is 7.21. The number of nitrogens with zero attached hydrogens (tertiary/aromatic N) is 2. The summed E-state index contributed by atoms with van der Waals surface area (Å²) in [4.78, 5) is 8.18. The van der Waals surface area contributed by atoms with E-state index in [1.807, 2.05) is 6.20 Å². The van der Waals surface area contributed by atoms with Gasteiger partial charge in [0, 0.05) is 11.1 Å². The molecule has 0 amide bonds. The van der Waals surface area contributed by atoms with Gasteiger partial charge in [0.15, 0.2) is 5.13 Å². The summed E-state index contributed by atoms with van der Waals surface area (Å²) in [6.45, 7) is 2.11. The zero-order chi connectivity index (χ0) is 14.2. The zero-order valence-corrected chi connectivity index (χ0v) is 12.7. The number of rotatable bonds is 1. The van der Waals surface area contributed by atoms with Crippen LogP contribution >= 0.6 is 11.3 Å². The van der Waals surface area contributed by atoms with Crippen molar-refractivity contribution in [3.05, 3.63) is 70.7 Å². The third-order valence-corrected chi connectivity index (χ3v) is 4.83. The number of hydrogen-bond donors (Lipinski definition) is 0. The maximum Gasteiger partial charge on any atom is 0.194 e. The minimum absolute atomic E-state index is 1.05. The molecule has 0 saturated heterocycles. The maximum atomic E-state index is 4.62. The van der Waals surface area contributed by atoms with Gasteiger partial charge < -0.3 is 0 Å². The van der Waals surface area contributed by atoms with Gasteiger partial charge in [0.05, 0.1) is 11.4 Å². The smallest absolute Gasteiger partial charge is 0.194 e. The molecule has 0 saturated carbocycles. The van der Waals surface area contributed by atoms with E-state index in [9.17, 15) is 0 Å². The Morgan fingerprint density at radius 2 is 1.48 bits per heavy atom. The normalized spacial score (nSPS) is 13.5. The molecule has 1 aliphatic rings. The summed E-state index contributed by atoms with van der Waals surface area (Å²) in [6.07, 6.45) is 4.11. The summed E-state index contributed by atoms with van der Waals surface area (Å²) in [7, 11) is 0. The van der Waals surface area contributed by atoms with Gasteiger partial charge in [0.25, 0.3) is 0 Å². The number of aromatic nitrogens is 1. The molecule has 1 aliphatic heterocycles. The lowest BCUT2D eigenvalue weighted by Crippen LogP contribution is -2.11. The van der Waals surface area contributed by atoms with Gasteiger partial charge >= 0.3 is 0 Å². The Morgan fingerprint density at radius 1 is 0.905 bits per heavy atom. The second kappa shape index (κ2) is 5.01. The van der Waals surface area contributed by atoms with Gasteiger partial charge in [-0.05, 0) is 43.0 Å². The fraction of sp³-hybridized carbons (Fsp3) is 0.167. The number of benzene rings is 2. The van der Waals surface area contributed by atoms with Crippen LogP contribution in [0.5, 0.6) is 0 Å². The number of hydrogen-bond acceptors (Lipinski definition) is 3. The second-order valence-corrected chi connectivity index (χ2v) is 6.56. The maximum absolute atomic E-state index is 4.62. The van der Waals surface area contributed by atoms with E-state index in [0.29, 0.717) is 0 Å². The van der Waals surface area contributed by atoms with Gasteiger partial charge in [-0.15, -0.1) is 11.3 Å². The monoisotopic (exact) mass is 292 g/mol. The van der Waals surface area contributed by atoms with Crippen LogP contribution in [0.4, 0.5) is 16.5 Å². The average Bonchev–Trinajstić information content (AvgIpc) is 2.86. The number of anilines is 3. The Morgan fingerprint density at radius 3 is 2.00 bits per heavy atom. The van der Waals surface area contributed by atoms with Gasteiger partial charge in [-0.2, -0.15) is 0 Å². The van der Waals surface area contributed by atoms with Crippen molar-refractivity contribution >= 4 is 27.8 Å². The Balaban J connectivity index is 1.98. The van der Waals surface area contributed by atoms with E-state index in [2.05, 4.69) is 65.3 Å². The standard InChI is InChI=1S/C18H16N2S/c1-13-12-19-18(21-13)20-16-8-4-2-6-14(16)10-11-15-7-3-5-9-17(15)20/h2-9,12H,10-11H2,1H3. The van der Waals surface area contributed by atoms with Crippen LogP contribution in [-0.4, -0.2) is 4.98 Å². The van der Waals surface area contributed by atoms with Crippen molar-refractivity contribution in [2.45, 2.75) is 19.8 Å². The van der Waals surface area contributed by atoms with Crippen LogP contribution in [0.2, 0.25) is 0 Å². The number of para-hydroxylation sites is 2. The predicted molar refractivity (Wildman–Crippen MR) is 88.9 cm³/mol. The lowest BCUT2D eigenvalue weighted by atomic mass is 10.0. The average molecular weight is 292 g/mol. The van der Waals surface area contributed by atoms with Gasteiger partial charge in [-0.25, -0.2) is 4.98 Å². The van der Waals surface area contributed by atoms with E-state index in [-0.39, 0.29) is 0 Å². The van der Waals surface area contributed by atoms with Crippen LogP contribution in [0.3, 0.4) is 0 Å². The molecule has 0 radical (unpaired) electrons. The minimum atomic E-state index is 1.05. The van der Waals surface area contributed by atoms with Crippen LogP contribution in [-0.2, 0) is 12.8 Å². The Hall–Kier alpha value is -2.13. The third kappa shape index (κ3) is 2.14. The van der Waals surface area contributed by atoms with Crippen molar-refractivity contribution in [2.24, 2.45) is 0 Å². The fourth-order valence-electron chi connectivity index (χ4n) is 2.93. The fourth-order valence-corrected chi connectivity index (χ4v) is 3.72. The molecule has 2 nitrogen and oxygen atoms in total. The van der Waals surface area contributed by atoms with Crippen LogP contribution in [0.25, 0.3) is 0 Å². The van der Waals surface area contributed by atoms with Gasteiger partial charge in [0.2, 0.25) is 0 Å². The van der Waals surface area contributed by atoms with E-state index in [1.54, 1.807) is 11.3 Å². The molecule has 1 aromatic heterocycles. The van der Waals surface area contributed by atoms with Crippen LogP contribution < -0.4 is 4.90 Å². The minimum Gasteiger partial charge on any atom is -0.286 e. The molecule has 0 spiro atoms. The zero-order valence-electron chi connectivity index (χ0n) is 11.9. The van der Waals surface area contributed by atoms with Crippen molar-refractivity contribution in [3.8, 4) is 0 Å². The summed E-state index contributed by atoms with van der Waals surface area (Å²) < 4.78 is 0. The Bertz CT molecular complexity index is 744. The van der Waals surface area contributed by atoms with Crippen molar-refractivity contribution in [1.29, 1.82) is 0 Å². The molecule has 2 aromatic carbocycles. The van der Waals surface area contributed by atoms with E-state index in [4.69, 9.17) is 0 Å². The largest absolute Gasteiger partial charge is 0.286 e. The van der Waals surface area contributed by atoms with Gasteiger partial charge in [-0.3, -0.25) is 4.90 Å². The van der Waals surface area contributed by atoms with E-state index >= 15 is 0 Å². The molecule has 21 heavy (non-hydrogen) atoms. The number of thiazole rings is 1. The number of fused-ring (bicyclic) bond motifs is 2. The summed E-state index contributed by atoms with van der Waals surface area (Å²) in [5.74, 6) is 0. The van der Waals surface area contributed by atoms with Crippen molar-refractivity contribution in [2.75, 3.05) is 4.90 Å². The highest BCUT2D eigenvalue weighted by atomic mass is 32.1. The van der Waals surface area contributed by atoms with E-state index < -0.39 is 0 Å². The van der Waals surface area contributed by atoms with Crippen molar-refractivity contribution in [1.82, 2.24) is 4.98 Å². The molecule has 0 unspecified atom stereocenters. The lowest BCUT2D eigenvalue weighted by molar-refractivity contribution is 0.977. The summed E-state index contributed by atoms with van der Waals surface area (Å²) in [5.41, 5.74) is 5.30. The van der Waals surface area contributed by atoms with Crippen LogP contribution in [0.15, 0.2) is 54.7 Å². The highest BCUT2D eigenvalue weighted by Gasteiger charge is 2.23. The molecular formula is C18H16N2S. The van der Waals surface area contributed by atoms with E-state index in [1.165, 1.54) is 27.4 Å². The Kier molecular flexibility index (Phi) is 3.00. The van der Waals surface area contributed by atoms with Crippen LogP contribution in [0.1, 0.15) is 16.0 Å². The summed E-state index contributed by atoms with van der Waals surface area (Å²) in [5, 5.41) is 1.05. The quantitative estimate of drug-likeness (QED) is 0.626. The first-order valence-corrected chi connectivity index (χ1v) is 8.03. The summed E-state index contributed by atoms with van der Waals surface area (Å²) >= 11 is 1.75. The van der Waals surface area contributed by atoms with Crippen LogP contribution in [0, 0.1) is 6.92 Å². The molecule has 0 bridgehead atoms. The third-order valence-electron chi connectivity index (χ3n) is 3.93. The summed E-state index contributed by atoms with van der Waals surface area (Å²) in [6, 6.07) is 17.3. The first-order chi connectivity index (χ1) is 10.3. The predicted octanol–water partition coefficient (Wildman–Crippen LogP) is 5.02. The highest BCUT2D eigenvalue weighted by Crippen LogP contribution is 2.42. The van der Waals surface area contributed by atoms with Gasteiger partial charge in [-0.1, -0.05) is 36.4 Å². The highest BCUT2D eigenvalue weighted by molar-refractivity contribution is 7.15. The second-order valence-electron chi connectivity index (χ2n) is 5.35. The van der Waals surface area contributed by atoms with Gasteiger partial charge in [0.1, 0.15) is 0 Å². The van der Waals surface area contributed by atoms with E-state index in [0.717, 1.165) is 18.0 Å². The molecule has 0 fully saturated rings. The SMILES string of the molecule is Cc1cnc(N2c3ccccc3CCc3ccccc32)s1. The molecule has 3 aromatic rings. The molecule has 4 rings (SSSR count). The number of aryl methyl sites for hydroxylation is 3. The molecular weight excluding hydrogens is 276 g/mol.